The van der Waals surface area contributed by atoms with Crippen LogP contribution in [0.5, 0.6) is 0 Å². The Morgan fingerprint density at radius 1 is 1.19 bits per heavy atom. The van der Waals surface area contributed by atoms with E-state index in [1.165, 1.54) is 17.0 Å². The molecule has 0 bridgehead atoms. The number of anilines is 1. The van der Waals surface area contributed by atoms with Gasteiger partial charge in [-0.1, -0.05) is 0 Å². The summed E-state index contributed by atoms with van der Waals surface area (Å²) in [5, 5.41) is 8.82. The van der Waals surface area contributed by atoms with Gasteiger partial charge in [-0.15, -0.1) is 0 Å². The Balaban J connectivity index is 3.02. The van der Waals surface area contributed by atoms with E-state index in [0.29, 0.717) is 19.0 Å². The molecule has 0 spiro atoms. The molecule has 0 unspecified atom stereocenters. The van der Waals surface area contributed by atoms with Crippen LogP contribution in [0.4, 0.5) is 18.9 Å². The zero-order valence-electron chi connectivity index (χ0n) is 12.2. The van der Waals surface area contributed by atoms with Crippen LogP contribution in [0.3, 0.4) is 0 Å². The van der Waals surface area contributed by atoms with Crippen LogP contribution >= 0.6 is 0 Å². The predicted octanol–water partition coefficient (Wildman–Crippen LogP) is 2.79. The molecule has 21 heavy (non-hydrogen) atoms. The molecule has 118 valence electrons. The van der Waals surface area contributed by atoms with Gasteiger partial charge in [0, 0.05) is 19.3 Å². The number of rotatable bonds is 6. The maximum Gasteiger partial charge on any atom is 0.418 e. The fourth-order valence-corrected chi connectivity index (χ4v) is 1.97. The lowest BCUT2D eigenvalue weighted by atomic mass is 10.1. The number of carbonyl (C=O) groups is 1. The zero-order valence-corrected chi connectivity index (χ0v) is 12.2. The molecule has 0 aliphatic carbocycles. The largest absolute Gasteiger partial charge is 0.478 e. The lowest BCUT2D eigenvalue weighted by molar-refractivity contribution is -0.137. The summed E-state index contributed by atoms with van der Waals surface area (Å²) >= 11 is 0. The van der Waals surface area contributed by atoms with Crippen molar-refractivity contribution < 1.29 is 23.1 Å². The average molecular weight is 304 g/mol. The van der Waals surface area contributed by atoms with Crippen molar-refractivity contribution >= 4 is 11.7 Å². The number of alkyl halides is 3. The fourth-order valence-electron chi connectivity index (χ4n) is 1.97. The van der Waals surface area contributed by atoms with Gasteiger partial charge in [-0.2, -0.15) is 13.2 Å². The van der Waals surface area contributed by atoms with Gasteiger partial charge in [0.1, 0.15) is 0 Å². The second-order valence-electron chi connectivity index (χ2n) is 5.11. The Bertz CT molecular complexity index is 501. The number of halogens is 3. The molecule has 0 fully saturated rings. The molecule has 0 aliphatic rings. The van der Waals surface area contributed by atoms with Gasteiger partial charge >= 0.3 is 12.1 Å². The summed E-state index contributed by atoms with van der Waals surface area (Å²) in [6, 6.07) is 3.08. The number of benzene rings is 1. The van der Waals surface area contributed by atoms with Crippen LogP contribution < -0.4 is 4.90 Å². The number of aromatic carboxylic acids is 1. The second-order valence-corrected chi connectivity index (χ2v) is 5.11. The van der Waals surface area contributed by atoms with E-state index in [1.54, 1.807) is 7.05 Å². The topological polar surface area (TPSA) is 43.8 Å². The molecule has 4 nitrogen and oxygen atoms in total. The highest BCUT2D eigenvalue weighted by molar-refractivity contribution is 5.88. The minimum absolute atomic E-state index is 0.00810. The summed E-state index contributed by atoms with van der Waals surface area (Å²) < 4.78 is 39.2. The second kappa shape index (κ2) is 6.80. The first-order valence-electron chi connectivity index (χ1n) is 6.43. The van der Waals surface area contributed by atoms with E-state index in [1.807, 2.05) is 19.0 Å². The molecule has 7 heteroatoms. The van der Waals surface area contributed by atoms with Crippen molar-refractivity contribution in [3.8, 4) is 0 Å². The van der Waals surface area contributed by atoms with E-state index in [4.69, 9.17) is 5.11 Å². The van der Waals surface area contributed by atoms with Crippen molar-refractivity contribution in [2.24, 2.45) is 0 Å². The molecule has 0 saturated heterocycles. The van der Waals surface area contributed by atoms with Crippen molar-refractivity contribution in [1.29, 1.82) is 0 Å². The Morgan fingerprint density at radius 3 is 2.29 bits per heavy atom. The molecule has 1 N–H and O–H groups in total. The third kappa shape index (κ3) is 4.93. The molecule has 0 aromatic heterocycles. The Labute approximate surface area is 121 Å². The van der Waals surface area contributed by atoms with Gasteiger partial charge < -0.3 is 14.9 Å². The molecular formula is C14H19F3N2O2. The molecule has 1 aromatic rings. The monoisotopic (exact) mass is 304 g/mol. The van der Waals surface area contributed by atoms with Crippen molar-refractivity contribution in [3.05, 3.63) is 29.3 Å². The molecular weight excluding hydrogens is 285 g/mol. The van der Waals surface area contributed by atoms with Gasteiger partial charge in [0.25, 0.3) is 0 Å². The van der Waals surface area contributed by atoms with E-state index >= 15 is 0 Å². The summed E-state index contributed by atoms with van der Waals surface area (Å²) in [6.07, 6.45) is -3.88. The van der Waals surface area contributed by atoms with Crippen LogP contribution in [0.1, 0.15) is 22.3 Å². The SMILES string of the molecule is CN(C)CCCN(C)c1ccc(C(=O)O)cc1C(F)(F)F. The first-order valence-corrected chi connectivity index (χ1v) is 6.43. The summed E-state index contributed by atoms with van der Waals surface area (Å²) in [5.41, 5.74) is -1.30. The van der Waals surface area contributed by atoms with Crippen LogP contribution in [0.25, 0.3) is 0 Å². The smallest absolute Gasteiger partial charge is 0.418 e. The average Bonchev–Trinajstić information content (AvgIpc) is 2.36. The Hall–Kier alpha value is -1.76. The van der Waals surface area contributed by atoms with Crippen molar-refractivity contribution in [2.45, 2.75) is 12.6 Å². The zero-order chi connectivity index (χ0) is 16.2. The summed E-state index contributed by atoms with van der Waals surface area (Å²) in [4.78, 5) is 14.3. The van der Waals surface area contributed by atoms with Gasteiger partial charge in [0.05, 0.1) is 11.1 Å². The van der Waals surface area contributed by atoms with Crippen LogP contribution in [-0.4, -0.2) is 50.2 Å². The predicted molar refractivity (Wildman–Crippen MR) is 74.8 cm³/mol. The van der Waals surface area contributed by atoms with Gasteiger partial charge in [-0.25, -0.2) is 4.79 Å². The minimum Gasteiger partial charge on any atom is -0.478 e. The van der Waals surface area contributed by atoms with Crippen LogP contribution in [0, 0.1) is 0 Å². The molecule has 1 aromatic carbocycles. The highest BCUT2D eigenvalue weighted by Gasteiger charge is 2.35. The maximum absolute atomic E-state index is 13.1. The molecule has 0 atom stereocenters. The lowest BCUT2D eigenvalue weighted by Gasteiger charge is -2.24. The lowest BCUT2D eigenvalue weighted by Crippen LogP contribution is -2.25. The van der Waals surface area contributed by atoms with Crippen molar-refractivity contribution in [2.75, 3.05) is 39.1 Å². The number of nitrogens with zero attached hydrogens (tertiary/aromatic N) is 2. The van der Waals surface area contributed by atoms with Gasteiger partial charge in [0.2, 0.25) is 0 Å². The third-order valence-corrected chi connectivity index (χ3v) is 3.06. The molecule has 0 aliphatic heterocycles. The van der Waals surface area contributed by atoms with Gasteiger partial charge in [0.15, 0.2) is 0 Å². The first-order chi connectivity index (χ1) is 9.62. The van der Waals surface area contributed by atoms with E-state index in [9.17, 15) is 18.0 Å². The molecule has 0 heterocycles. The quantitative estimate of drug-likeness (QED) is 0.877. The number of carboxylic acid groups (broad SMARTS) is 1. The van der Waals surface area contributed by atoms with Gasteiger partial charge in [-0.05, 0) is 45.3 Å². The van der Waals surface area contributed by atoms with Crippen molar-refractivity contribution in [1.82, 2.24) is 4.90 Å². The maximum atomic E-state index is 13.1. The standard InChI is InChI=1S/C14H19F3N2O2/c1-18(2)7-4-8-19(3)12-6-5-10(13(20)21)9-11(12)14(15,16)17/h5-6,9H,4,7-8H2,1-3H3,(H,20,21). The summed E-state index contributed by atoms with van der Waals surface area (Å²) in [5.74, 6) is -1.37. The molecule has 0 saturated carbocycles. The number of carboxylic acids is 1. The summed E-state index contributed by atoms with van der Waals surface area (Å²) in [6.45, 7) is 1.21. The van der Waals surface area contributed by atoms with Crippen LogP contribution in [0.2, 0.25) is 0 Å². The number of hydrogen-bond acceptors (Lipinski definition) is 3. The van der Waals surface area contributed by atoms with E-state index in [0.717, 1.165) is 6.54 Å². The normalized spacial score (nSPS) is 11.8. The van der Waals surface area contributed by atoms with Crippen molar-refractivity contribution in [3.63, 3.8) is 0 Å². The molecule has 0 radical (unpaired) electrons. The molecule has 1 rings (SSSR count). The van der Waals surface area contributed by atoms with E-state index in [2.05, 4.69) is 0 Å². The highest BCUT2D eigenvalue weighted by atomic mass is 19.4. The fraction of sp³-hybridized carbons (Fsp3) is 0.500. The summed E-state index contributed by atoms with van der Waals surface area (Å²) in [7, 11) is 5.35. The van der Waals surface area contributed by atoms with Crippen LogP contribution in [-0.2, 0) is 6.18 Å². The Morgan fingerprint density at radius 2 is 1.81 bits per heavy atom. The highest BCUT2D eigenvalue weighted by Crippen LogP contribution is 2.37. The minimum atomic E-state index is -4.59. The van der Waals surface area contributed by atoms with E-state index in [-0.39, 0.29) is 11.3 Å². The van der Waals surface area contributed by atoms with Gasteiger partial charge in [-0.3, -0.25) is 0 Å². The molecule has 0 amide bonds. The van der Waals surface area contributed by atoms with Crippen LogP contribution in [0.15, 0.2) is 18.2 Å². The first kappa shape index (κ1) is 17.3. The Kier molecular flexibility index (Phi) is 5.60. The van der Waals surface area contributed by atoms with E-state index < -0.39 is 17.7 Å². The third-order valence-electron chi connectivity index (χ3n) is 3.06. The number of hydrogen-bond donors (Lipinski definition) is 1.